The molecule has 0 fully saturated rings. The molecular weight excluding hydrogens is 369 g/mol. The number of nitro groups is 1. The maximum Gasteiger partial charge on any atom is 0.396 e. The fourth-order valence-corrected chi connectivity index (χ4v) is 3.63. The fraction of sp³-hybridized carbons (Fsp3) is 0.158. The van der Waals surface area contributed by atoms with E-state index >= 15 is 0 Å². The van der Waals surface area contributed by atoms with E-state index in [1.807, 2.05) is 30.3 Å². The molecule has 0 aliphatic carbocycles. The molecule has 0 saturated heterocycles. The predicted octanol–water partition coefficient (Wildman–Crippen LogP) is 4.26. The molecule has 0 aliphatic heterocycles. The van der Waals surface area contributed by atoms with Crippen LogP contribution in [0.3, 0.4) is 0 Å². The Balaban J connectivity index is 1.85. The van der Waals surface area contributed by atoms with Crippen LogP contribution in [0.4, 0.5) is 10.2 Å². The molecule has 6 nitrogen and oxygen atoms in total. The average Bonchev–Trinajstić information content (AvgIpc) is 2.97. The summed E-state index contributed by atoms with van der Waals surface area (Å²) in [6.07, 6.45) is 0. The van der Waals surface area contributed by atoms with Crippen LogP contribution in [-0.4, -0.2) is 26.0 Å². The van der Waals surface area contributed by atoms with E-state index in [0.717, 1.165) is 17.3 Å². The molecule has 0 bridgehead atoms. The van der Waals surface area contributed by atoms with Gasteiger partial charge in [-0.1, -0.05) is 42.1 Å². The number of thioether (sulfide) groups is 1. The van der Waals surface area contributed by atoms with E-state index in [2.05, 4.69) is 4.98 Å². The van der Waals surface area contributed by atoms with E-state index < -0.39 is 10.7 Å². The molecule has 3 rings (SSSR count). The van der Waals surface area contributed by atoms with Crippen LogP contribution in [0.25, 0.3) is 0 Å². The van der Waals surface area contributed by atoms with Gasteiger partial charge in [-0.3, -0.25) is 9.36 Å². The molecular formula is C19H16FN3O3S. The normalized spacial score (nSPS) is 10.7. The lowest BCUT2D eigenvalue weighted by Crippen LogP contribution is -2.07. The Labute approximate surface area is 159 Å². The van der Waals surface area contributed by atoms with Crippen molar-refractivity contribution in [2.75, 3.05) is 5.75 Å². The number of carbonyl (C=O) groups is 1. The number of halogens is 1. The van der Waals surface area contributed by atoms with Gasteiger partial charge in [0.2, 0.25) is 5.82 Å². The van der Waals surface area contributed by atoms with Crippen molar-refractivity contribution < 1.29 is 14.1 Å². The molecule has 0 aliphatic rings. The Morgan fingerprint density at radius 2 is 1.85 bits per heavy atom. The van der Waals surface area contributed by atoms with Gasteiger partial charge in [0.1, 0.15) is 5.82 Å². The number of nitrogens with zero attached hydrogens (tertiary/aromatic N) is 3. The van der Waals surface area contributed by atoms with Crippen LogP contribution < -0.4 is 0 Å². The summed E-state index contributed by atoms with van der Waals surface area (Å²) in [6, 6.07) is 14.7. The van der Waals surface area contributed by atoms with Gasteiger partial charge in [0.15, 0.2) is 10.8 Å². The topological polar surface area (TPSA) is 78.0 Å². The molecule has 0 unspecified atom stereocenters. The van der Waals surface area contributed by atoms with Crippen molar-refractivity contribution in [3.05, 3.63) is 87.5 Å². The number of Topliss-reactive ketones (excluding diaryl/α,β-unsaturated/α-hetero) is 1. The van der Waals surface area contributed by atoms with Crippen molar-refractivity contribution in [3.63, 3.8) is 0 Å². The number of hydrogen-bond acceptors (Lipinski definition) is 5. The summed E-state index contributed by atoms with van der Waals surface area (Å²) in [4.78, 5) is 27.2. The third-order valence-electron chi connectivity index (χ3n) is 3.96. The first-order chi connectivity index (χ1) is 13.0. The van der Waals surface area contributed by atoms with Crippen LogP contribution in [0.2, 0.25) is 0 Å². The maximum atomic E-state index is 13.0. The lowest BCUT2D eigenvalue weighted by Gasteiger charge is -2.08. The number of carbonyl (C=O) groups excluding carboxylic acids is 1. The molecule has 0 saturated carbocycles. The summed E-state index contributed by atoms with van der Waals surface area (Å²) in [6.45, 7) is 2.11. The number of ketones is 1. The van der Waals surface area contributed by atoms with Gasteiger partial charge in [-0.05, 0) is 39.7 Å². The molecule has 0 spiro atoms. The molecule has 0 N–H and O–H groups in total. The molecule has 2 aromatic carbocycles. The summed E-state index contributed by atoms with van der Waals surface area (Å²) in [7, 11) is 0. The summed E-state index contributed by atoms with van der Waals surface area (Å²) < 4.78 is 14.7. The van der Waals surface area contributed by atoms with Gasteiger partial charge in [-0.15, -0.1) is 0 Å². The number of rotatable bonds is 7. The Morgan fingerprint density at radius 3 is 2.48 bits per heavy atom. The van der Waals surface area contributed by atoms with Gasteiger partial charge in [0, 0.05) is 12.5 Å². The van der Waals surface area contributed by atoms with E-state index in [0.29, 0.717) is 23.0 Å². The first-order valence-electron chi connectivity index (χ1n) is 8.12. The van der Waals surface area contributed by atoms with Crippen LogP contribution in [-0.2, 0) is 6.54 Å². The van der Waals surface area contributed by atoms with Gasteiger partial charge in [0.25, 0.3) is 0 Å². The highest BCUT2D eigenvalue weighted by Crippen LogP contribution is 2.31. The summed E-state index contributed by atoms with van der Waals surface area (Å²) in [5, 5.41) is 11.7. The van der Waals surface area contributed by atoms with Crippen LogP contribution in [0.5, 0.6) is 0 Å². The zero-order valence-corrected chi connectivity index (χ0v) is 15.3. The third kappa shape index (κ3) is 4.40. The molecule has 27 heavy (non-hydrogen) atoms. The van der Waals surface area contributed by atoms with E-state index in [9.17, 15) is 19.3 Å². The van der Waals surface area contributed by atoms with Gasteiger partial charge in [-0.2, -0.15) is 0 Å². The number of imidazole rings is 1. The minimum Gasteiger partial charge on any atom is -0.358 e. The second-order valence-corrected chi connectivity index (χ2v) is 6.80. The highest BCUT2D eigenvalue weighted by molar-refractivity contribution is 8.00. The Bertz CT molecular complexity index is 972. The quantitative estimate of drug-likeness (QED) is 0.263. The Kier molecular flexibility index (Phi) is 5.66. The third-order valence-corrected chi connectivity index (χ3v) is 5.04. The van der Waals surface area contributed by atoms with Gasteiger partial charge in [0.05, 0.1) is 12.3 Å². The van der Waals surface area contributed by atoms with E-state index in [4.69, 9.17) is 0 Å². The highest BCUT2D eigenvalue weighted by Gasteiger charge is 2.26. The molecule has 138 valence electrons. The predicted molar refractivity (Wildman–Crippen MR) is 101 cm³/mol. The Hall–Kier alpha value is -3.00. The van der Waals surface area contributed by atoms with Gasteiger partial charge >= 0.3 is 5.82 Å². The summed E-state index contributed by atoms with van der Waals surface area (Å²) >= 11 is 1.06. The van der Waals surface area contributed by atoms with Gasteiger partial charge in [-0.25, -0.2) is 4.39 Å². The lowest BCUT2D eigenvalue weighted by atomic mass is 10.1. The van der Waals surface area contributed by atoms with Crippen LogP contribution in [0.1, 0.15) is 21.7 Å². The zero-order chi connectivity index (χ0) is 19.4. The van der Waals surface area contributed by atoms with Gasteiger partial charge < -0.3 is 10.1 Å². The molecule has 3 aromatic rings. The molecule has 0 radical (unpaired) electrons. The van der Waals surface area contributed by atoms with Crippen molar-refractivity contribution in [3.8, 4) is 0 Å². The minimum atomic E-state index is -0.542. The fourth-order valence-electron chi connectivity index (χ4n) is 2.60. The largest absolute Gasteiger partial charge is 0.396 e. The van der Waals surface area contributed by atoms with E-state index in [1.54, 1.807) is 11.5 Å². The number of hydrogen-bond donors (Lipinski definition) is 0. The molecule has 1 aromatic heterocycles. The van der Waals surface area contributed by atoms with E-state index in [-0.39, 0.29) is 17.4 Å². The van der Waals surface area contributed by atoms with Crippen molar-refractivity contribution in [1.29, 1.82) is 0 Å². The summed E-state index contributed by atoms with van der Waals surface area (Å²) in [5.74, 6) is -0.430. The van der Waals surface area contributed by atoms with Crippen molar-refractivity contribution in [2.24, 2.45) is 0 Å². The highest BCUT2D eigenvalue weighted by atomic mass is 32.2. The molecule has 0 atom stereocenters. The second-order valence-electron chi connectivity index (χ2n) is 5.84. The van der Waals surface area contributed by atoms with Crippen LogP contribution in [0, 0.1) is 22.9 Å². The first kappa shape index (κ1) is 18.8. The maximum absolute atomic E-state index is 13.0. The van der Waals surface area contributed by atoms with Crippen molar-refractivity contribution >= 4 is 23.4 Å². The minimum absolute atomic E-state index is 0.00754. The lowest BCUT2D eigenvalue weighted by molar-refractivity contribution is -0.392. The average molecular weight is 385 g/mol. The Morgan fingerprint density at radius 1 is 1.19 bits per heavy atom. The second kappa shape index (κ2) is 8.13. The standard InChI is InChI=1S/C19H16FN3O3S/c1-13-21-18(23(25)26)19(22(13)11-14-5-3-2-4-6-14)27-12-17(24)15-7-9-16(20)10-8-15/h2-10H,11-12H2,1H3. The monoisotopic (exact) mass is 385 g/mol. The van der Waals surface area contributed by atoms with E-state index in [1.165, 1.54) is 24.3 Å². The van der Waals surface area contributed by atoms with Crippen molar-refractivity contribution in [2.45, 2.75) is 18.5 Å². The first-order valence-corrected chi connectivity index (χ1v) is 9.11. The SMILES string of the molecule is Cc1nc([N+](=O)[O-])c(SCC(=O)c2ccc(F)cc2)n1Cc1ccccc1. The molecule has 0 amide bonds. The van der Waals surface area contributed by atoms with Crippen LogP contribution >= 0.6 is 11.8 Å². The van der Waals surface area contributed by atoms with Crippen LogP contribution in [0.15, 0.2) is 59.6 Å². The molecule has 1 heterocycles. The molecule has 8 heteroatoms. The smallest absolute Gasteiger partial charge is 0.358 e. The number of benzene rings is 2. The number of aryl methyl sites for hydroxylation is 1. The zero-order valence-electron chi connectivity index (χ0n) is 14.5. The van der Waals surface area contributed by atoms with Crippen molar-refractivity contribution in [1.82, 2.24) is 9.55 Å². The number of aromatic nitrogens is 2. The summed E-state index contributed by atoms with van der Waals surface area (Å²) in [5.41, 5.74) is 1.33.